The van der Waals surface area contributed by atoms with Crippen LogP contribution in [-0.4, -0.2) is 19.0 Å². The summed E-state index contributed by atoms with van der Waals surface area (Å²) in [6, 6.07) is 6.08. The van der Waals surface area contributed by atoms with E-state index >= 15 is 0 Å². The maximum Gasteiger partial charge on any atom is 0.224 e. The van der Waals surface area contributed by atoms with Gasteiger partial charge in [-0.05, 0) is 85.1 Å². The molecule has 1 aromatic rings. The second kappa shape index (κ2) is 8.07. The first-order valence-electron chi connectivity index (χ1n) is 6.42. The maximum absolute atomic E-state index is 11.9. The number of anilines is 1. The average molecular weight is 395 g/mol. The summed E-state index contributed by atoms with van der Waals surface area (Å²) in [5, 5.41) is 6.33. The number of amides is 1. The Hall–Kier alpha value is -0.330. The van der Waals surface area contributed by atoms with Gasteiger partial charge in [0.2, 0.25) is 5.91 Å². The second-order valence-corrected chi connectivity index (χ2v) is 6.15. The van der Waals surface area contributed by atoms with E-state index in [-0.39, 0.29) is 18.3 Å². The van der Waals surface area contributed by atoms with E-state index in [9.17, 15) is 4.79 Å². The van der Waals surface area contributed by atoms with E-state index in [0.717, 1.165) is 30.8 Å². The molecule has 1 heterocycles. The van der Waals surface area contributed by atoms with Crippen LogP contribution in [-0.2, 0) is 4.79 Å². The lowest BCUT2D eigenvalue weighted by molar-refractivity contribution is -0.116. The van der Waals surface area contributed by atoms with Gasteiger partial charge in [-0.25, -0.2) is 0 Å². The fraction of sp³-hybridized carbons (Fsp3) is 0.500. The molecule has 3 nitrogen and oxygen atoms in total. The number of hydrogen-bond donors (Lipinski definition) is 2. The zero-order chi connectivity index (χ0) is 13.0. The number of nitrogens with one attached hydrogen (secondary N) is 2. The molecule has 1 aliphatic heterocycles. The van der Waals surface area contributed by atoms with Crippen molar-refractivity contribution in [3.63, 3.8) is 0 Å². The van der Waals surface area contributed by atoms with Crippen LogP contribution in [0.3, 0.4) is 0 Å². The van der Waals surface area contributed by atoms with Crippen molar-refractivity contribution in [1.29, 1.82) is 0 Å². The quantitative estimate of drug-likeness (QED) is 0.769. The third-order valence-corrected chi connectivity index (χ3v) is 4.08. The van der Waals surface area contributed by atoms with E-state index in [0.29, 0.717) is 12.3 Å². The monoisotopic (exact) mass is 394 g/mol. The lowest BCUT2D eigenvalue weighted by Gasteiger charge is -2.10. The highest BCUT2D eigenvalue weighted by Gasteiger charge is 2.15. The van der Waals surface area contributed by atoms with E-state index in [1.54, 1.807) is 0 Å². The van der Waals surface area contributed by atoms with E-state index in [2.05, 4.69) is 39.3 Å². The van der Waals surface area contributed by atoms with Crippen LogP contribution < -0.4 is 10.6 Å². The summed E-state index contributed by atoms with van der Waals surface area (Å²) in [4.78, 5) is 11.9. The molecule has 19 heavy (non-hydrogen) atoms. The first-order valence-corrected chi connectivity index (χ1v) is 7.50. The van der Waals surface area contributed by atoms with Crippen LogP contribution in [0.2, 0.25) is 0 Å². The Morgan fingerprint density at radius 3 is 2.95 bits per heavy atom. The molecule has 1 fully saturated rings. The first kappa shape index (κ1) is 16.7. The van der Waals surface area contributed by atoms with Crippen molar-refractivity contribution in [2.24, 2.45) is 5.92 Å². The van der Waals surface area contributed by atoms with Gasteiger partial charge in [0, 0.05) is 15.7 Å². The molecule has 1 unspecified atom stereocenters. The predicted molar refractivity (Wildman–Crippen MR) is 90.0 cm³/mol. The molecule has 0 aromatic heterocycles. The molecule has 0 radical (unpaired) electrons. The minimum atomic E-state index is 0. The van der Waals surface area contributed by atoms with Crippen molar-refractivity contribution in [3.8, 4) is 0 Å². The van der Waals surface area contributed by atoms with Crippen LogP contribution in [0.15, 0.2) is 18.2 Å². The maximum atomic E-state index is 11.9. The molecule has 0 spiro atoms. The number of benzene rings is 1. The zero-order valence-corrected chi connectivity index (χ0v) is 14.0. The topological polar surface area (TPSA) is 41.1 Å². The van der Waals surface area contributed by atoms with Crippen LogP contribution in [0, 0.1) is 16.4 Å². The third kappa shape index (κ3) is 5.28. The predicted octanol–water partition coefficient (Wildman–Crippen LogP) is 3.35. The standard InChI is InChI=1S/C14H19IN2O.ClH/c1-10-8-12(15)3-4-13(10)17-14(18)5-2-11-6-7-16-9-11;/h3-4,8,11,16H,2,5-7,9H2,1H3,(H,17,18);1H. The van der Waals surface area contributed by atoms with Crippen molar-refractivity contribution in [2.45, 2.75) is 26.2 Å². The fourth-order valence-corrected chi connectivity index (χ4v) is 2.92. The van der Waals surface area contributed by atoms with Crippen LogP contribution in [0.25, 0.3) is 0 Å². The first-order chi connectivity index (χ1) is 8.65. The van der Waals surface area contributed by atoms with Gasteiger partial charge in [0.05, 0.1) is 0 Å². The summed E-state index contributed by atoms with van der Waals surface area (Å²) in [5.74, 6) is 0.805. The Bertz CT molecular complexity index is 433. The third-order valence-electron chi connectivity index (χ3n) is 3.40. The molecule has 2 rings (SSSR count). The highest BCUT2D eigenvalue weighted by molar-refractivity contribution is 14.1. The van der Waals surface area contributed by atoms with Crippen molar-refractivity contribution in [2.75, 3.05) is 18.4 Å². The normalized spacial score (nSPS) is 17.9. The van der Waals surface area contributed by atoms with Gasteiger partial charge in [-0.2, -0.15) is 0 Å². The Balaban J connectivity index is 0.00000180. The highest BCUT2D eigenvalue weighted by Crippen LogP contribution is 2.19. The second-order valence-electron chi connectivity index (χ2n) is 4.90. The molecule has 5 heteroatoms. The number of aryl methyl sites for hydroxylation is 1. The minimum Gasteiger partial charge on any atom is -0.326 e. The lowest BCUT2D eigenvalue weighted by Crippen LogP contribution is -2.15. The van der Waals surface area contributed by atoms with Gasteiger partial charge >= 0.3 is 0 Å². The van der Waals surface area contributed by atoms with E-state index < -0.39 is 0 Å². The van der Waals surface area contributed by atoms with Gasteiger partial charge in [-0.1, -0.05) is 0 Å². The summed E-state index contributed by atoms with van der Waals surface area (Å²) in [5.41, 5.74) is 2.06. The molecule has 1 saturated heterocycles. The van der Waals surface area contributed by atoms with E-state index in [1.165, 1.54) is 9.99 Å². The van der Waals surface area contributed by atoms with Gasteiger partial charge in [0.1, 0.15) is 0 Å². The molecule has 1 amide bonds. The number of hydrogen-bond acceptors (Lipinski definition) is 2. The summed E-state index contributed by atoms with van der Waals surface area (Å²) in [6.07, 6.45) is 2.82. The molecule has 2 N–H and O–H groups in total. The summed E-state index contributed by atoms with van der Waals surface area (Å²) in [6.45, 7) is 4.19. The Morgan fingerprint density at radius 2 is 2.32 bits per heavy atom. The van der Waals surface area contributed by atoms with Gasteiger partial charge in [-0.3, -0.25) is 4.79 Å². The molecular weight excluding hydrogens is 375 g/mol. The van der Waals surface area contributed by atoms with Gasteiger partial charge in [0.15, 0.2) is 0 Å². The largest absolute Gasteiger partial charge is 0.326 e. The molecule has 0 bridgehead atoms. The smallest absolute Gasteiger partial charge is 0.224 e. The molecule has 1 aliphatic rings. The van der Waals surface area contributed by atoms with E-state index in [4.69, 9.17) is 0 Å². The molecule has 0 aliphatic carbocycles. The summed E-state index contributed by atoms with van der Waals surface area (Å²) >= 11 is 2.28. The zero-order valence-electron chi connectivity index (χ0n) is 11.0. The van der Waals surface area contributed by atoms with E-state index in [1.807, 2.05) is 19.1 Å². The molecule has 1 aromatic carbocycles. The Labute approximate surface area is 134 Å². The van der Waals surface area contributed by atoms with Gasteiger partial charge < -0.3 is 10.6 Å². The summed E-state index contributed by atoms with van der Waals surface area (Å²) in [7, 11) is 0. The van der Waals surface area contributed by atoms with Crippen molar-refractivity contribution >= 4 is 46.6 Å². The number of rotatable bonds is 4. The minimum absolute atomic E-state index is 0. The SMILES string of the molecule is Cc1cc(I)ccc1NC(=O)CCC1CCNC1.Cl. The lowest BCUT2D eigenvalue weighted by atomic mass is 10.0. The highest BCUT2D eigenvalue weighted by atomic mass is 127. The fourth-order valence-electron chi connectivity index (χ4n) is 2.28. The number of carbonyl (C=O) groups excluding carboxylic acids is 1. The van der Waals surface area contributed by atoms with Crippen LogP contribution >= 0.6 is 35.0 Å². The molecule has 1 atom stereocenters. The average Bonchev–Trinajstić information content (AvgIpc) is 2.83. The van der Waals surface area contributed by atoms with Crippen LogP contribution in [0.4, 0.5) is 5.69 Å². The molecule has 0 saturated carbocycles. The number of halogens is 2. The van der Waals surface area contributed by atoms with Crippen molar-refractivity contribution < 1.29 is 4.79 Å². The molecular formula is C14H20ClIN2O. The molecule has 106 valence electrons. The summed E-state index contributed by atoms with van der Waals surface area (Å²) < 4.78 is 1.19. The Kier molecular flexibility index (Phi) is 7.10. The van der Waals surface area contributed by atoms with Crippen LogP contribution in [0.1, 0.15) is 24.8 Å². The van der Waals surface area contributed by atoms with Crippen LogP contribution in [0.5, 0.6) is 0 Å². The Morgan fingerprint density at radius 1 is 1.53 bits per heavy atom. The van der Waals surface area contributed by atoms with Gasteiger partial charge in [0.25, 0.3) is 0 Å². The van der Waals surface area contributed by atoms with Crippen molar-refractivity contribution in [1.82, 2.24) is 5.32 Å². The van der Waals surface area contributed by atoms with Gasteiger partial charge in [-0.15, -0.1) is 12.4 Å². The number of carbonyl (C=O) groups is 1. The van der Waals surface area contributed by atoms with Crippen molar-refractivity contribution in [3.05, 3.63) is 27.3 Å².